The van der Waals surface area contributed by atoms with Gasteiger partial charge in [0.2, 0.25) is 0 Å². The lowest BCUT2D eigenvalue weighted by Crippen LogP contribution is -2.17. The van der Waals surface area contributed by atoms with Crippen molar-refractivity contribution in [1.29, 1.82) is 0 Å². The number of hydrogen-bond acceptors (Lipinski definition) is 13. The molecule has 2 aromatic heterocycles. The zero-order chi connectivity index (χ0) is 44.6. The van der Waals surface area contributed by atoms with Crippen molar-refractivity contribution in [2.75, 3.05) is 50.2 Å². The van der Waals surface area contributed by atoms with Crippen molar-refractivity contribution in [2.24, 2.45) is 0 Å². The second-order valence-corrected chi connectivity index (χ2v) is 15.9. The number of rotatable bonds is 24. The second-order valence-electron chi connectivity index (χ2n) is 12.2. The number of nitrogens with one attached hydrogen (secondary N) is 2. The fourth-order valence-electron chi connectivity index (χ4n) is 5.46. The Bertz CT molecular complexity index is 2030. The average molecular weight is 1000 g/mol. The van der Waals surface area contributed by atoms with Gasteiger partial charge < -0.3 is 34.3 Å². The van der Waals surface area contributed by atoms with Crippen LogP contribution in [0.25, 0.3) is 0 Å². The highest BCUT2D eigenvalue weighted by molar-refractivity contribution is 6.56. The molecule has 0 bridgehead atoms. The Labute approximate surface area is 390 Å². The quantitative estimate of drug-likeness (QED) is 0.0385. The number of nitrogens with zero attached hydrogens (tertiary/aromatic N) is 4. The Kier molecular flexibility index (Phi) is 20.1. The predicted octanol–water partition coefficient (Wildman–Crippen LogP) is 12.9. The molecule has 0 saturated carbocycles. The first-order valence-electron chi connectivity index (χ1n) is 18.1. The summed E-state index contributed by atoms with van der Waals surface area (Å²) in [6, 6.07) is 11.4. The van der Waals surface area contributed by atoms with Crippen LogP contribution >= 0.6 is 92.8 Å². The van der Waals surface area contributed by atoms with E-state index in [-0.39, 0.29) is 103 Å². The number of halogens is 8. The number of hydrogen-bond donors (Lipinski definition) is 2. The fraction of sp³-hybridized carbons (Fsp3) is 0.316. The van der Waals surface area contributed by atoms with Gasteiger partial charge in [0.05, 0.1) is 43.2 Å². The van der Waals surface area contributed by atoms with Gasteiger partial charge in [-0.15, -0.1) is 0 Å². The van der Waals surface area contributed by atoms with Crippen molar-refractivity contribution in [1.82, 2.24) is 9.97 Å². The molecule has 2 atom stereocenters. The molecular formula is C38H36Cl8N6O9. The molecule has 2 N–H and O–H groups in total. The van der Waals surface area contributed by atoms with Crippen molar-refractivity contribution < 1.29 is 33.5 Å². The average Bonchev–Trinajstić information content (AvgIpc) is 3.17. The molecule has 4 rings (SSSR count). The van der Waals surface area contributed by atoms with E-state index in [4.69, 9.17) is 116 Å². The van der Waals surface area contributed by atoms with Gasteiger partial charge in [-0.3, -0.25) is 20.2 Å². The van der Waals surface area contributed by atoms with Crippen LogP contribution in [0.3, 0.4) is 0 Å². The van der Waals surface area contributed by atoms with Crippen LogP contribution in [0.5, 0.6) is 23.3 Å². The molecule has 0 saturated heterocycles. The summed E-state index contributed by atoms with van der Waals surface area (Å²) in [6.45, 7) is 4.58. The maximum absolute atomic E-state index is 12.0. The molecule has 328 valence electrons. The van der Waals surface area contributed by atoms with E-state index in [0.29, 0.717) is 24.7 Å². The van der Waals surface area contributed by atoms with Gasteiger partial charge in [-0.05, 0) is 62.4 Å². The van der Waals surface area contributed by atoms with Crippen LogP contribution in [-0.4, -0.2) is 59.3 Å². The summed E-state index contributed by atoms with van der Waals surface area (Å²) in [4.78, 5) is 31.5. The van der Waals surface area contributed by atoms with Crippen LogP contribution in [-0.2, 0) is 4.74 Å². The molecule has 0 spiro atoms. The van der Waals surface area contributed by atoms with Gasteiger partial charge in [0.25, 0.3) is 11.8 Å². The minimum atomic E-state index is -1.05. The highest BCUT2D eigenvalue weighted by Crippen LogP contribution is 2.42. The molecule has 2 heterocycles. The number of nitro groups is 2. The molecule has 0 amide bonds. The van der Waals surface area contributed by atoms with E-state index >= 15 is 0 Å². The third-order valence-electron chi connectivity index (χ3n) is 8.07. The van der Waals surface area contributed by atoms with Gasteiger partial charge >= 0.3 is 11.4 Å². The van der Waals surface area contributed by atoms with E-state index in [1.807, 2.05) is 13.8 Å². The smallest absolute Gasteiger partial charge is 0.331 e. The van der Waals surface area contributed by atoms with Gasteiger partial charge in [0.1, 0.15) is 57.5 Å². The summed E-state index contributed by atoms with van der Waals surface area (Å²) >= 11 is 49.8. The van der Waals surface area contributed by atoms with E-state index in [1.165, 1.54) is 60.7 Å². The van der Waals surface area contributed by atoms with Crippen LogP contribution in [0.4, 0.5) is 23.0 Å². The molecule has 23 heteroatoms. The van der Waals surface area contributed by atoms with Gasteiger partial charge in [-0.25, -0.2) is 0 Å². The van der Waals surface area contributed by atoms with E-state index in [9.17, 15) is 20.2 Å². The Morgan fingerprint density at radius 2 is 1.02 bits per heavy atom. The van der Waals surface area contributed by atoms with Gasteiger partial charge in [0, 0.05) is 49.2 Å². The molecule has 2 unspecified atom stereocenters. The van der Waals surface area contributed by atoms with Gasteiger partial charge in [0.15, 0.2) is 0 Å². The molecule has 0 aliphatic carbocycles. The van der Waals surface area contributed by atoms with Crippen LogP contribution in [0.2, 0.25) is 20.1 Å². The normalized spacial score (nSPS) is 11.8. The number of ether oxygens (including phenoxy) is 5. The number of aromatic nitrogens is 2. The number of pyridine rings is 2. The lowest BCUT2D eigenvalue weighted by Gasteiger charge is -2.23. The van der Waals surface area contributed by atoms with Crippen LogP contribution in [0.15, 0.2) is 69.7 Å². The minimum Gasteiger partial charge on any atom is -0.489 e. The Hall–Kier alpha value is -3.90. The van der Waals surface area contributed by atoms with Gasteiger partial charge in [-0.1, -0.05) is 92.8 Å². The van der Waals surface area contributed by atoms with Gasteiger partial charge in [-0.2, -0.15) is 9.97 Å². The fourth-order valence-corrected chi connectivity index (χ4v) is 7.13. The van der Waals surface area contributed by atoms with Crippen LogP contribution < -0.4 is 29.6 Å². The summed E-state index contributed by atoms with van der Waals surface area (Å²) < 4.78 is 29.8. The zero-order valence-corrected chi connectivity index (χ0v) is 38.1. The first-order chi connectivity index (χ1) is 29.1. The largest absolute Gasteiger partial charge is 0.489 e. The first-order valence-corrected chi connectivity index (χ1v) is 21.1. The van der Waals surface area contributed by atoms with E-state index in [0.717, 1.165) is 0 Å². The molecule has 15 nitrogen and oxygen atoms in total. The Morgan fingerprint density at radius 3 is 1.33 bits per heavy atom. The van der Waals surface area contributed by atoms with E-state index in [1.54, 1.807) is 0 Å². The first kappa shape index (κ1) is 49.8. The maximum atomic E-state index is 12.0. The predicted molar refractivity (Wildman–Crippen MR) is 240 cm³/mol. The summed E-state index contributed by atoms with van der Waals surface area (Å²) in [5.74, 6) is 0.615. The molecule has 0 aliphatic rings. The molecule has 0 aliphatic heterocycles. The van der Waals surface area contributed by atoms with Crippen molar-refractivity contribution in [3.8, 4) is 23.3 Å². The SMILES string of the molecule is CCNc1ccc([N+](=O)[O-])c(OC(CCOCCC(Oc2nc(NCC)ccc2[N+](=O)[O-])c2c(Cl)cc(OCC=C(Cl)Cl)cc2Cl)c2c(Cl)cc(OCC=C(Cl)Cl)cc2Cl)n1. The summed E-state index contributed by atoms with van der Waals surface area (Å²) in [5.41, 5.74) is -0.287. The van der Waals surface area contributed by atoms with Crippen LogP contribution in [0.1, 0.15) is 50.0 Å². The molecule has 0 radical (unpaired) electrons. The maximum Gasteiger partial charge on any atom is 0.331 e. The highest BCUT2D eigenvalue weighted by Gasteiger charge is 2.29. The molecule has 2 aromatic carbocycles. The summed E-state index contributed by atoms with van der Waals surface area (Å²) in [5, 5.41) is 30.5. The third-order valence-corrected chi connectivity index (χ3v) is 9.94. The molecule has 0 fully saturated rings. The minimum absolute atomic E-state index is 0.00187. The molecule has 4 aromatic rings. The zero-order valence-electron chi connectivity index (χ0n) is 32.1. The lowest BCUT2D eigenvalue weighted by molar-refractivity contribution is -0.386. The van der Waals surface area contributed by atoms with Crippen molar-refractivity contribution in [3.63, 3.8) is 0 Å². The molecular weight excluding hydrogens is 968 g/mol. The summed E-state index contributed by atoms with van der Waals surface area (Å²) in [7, 11) is 0. The van der Waals surface area contributed by atoms with Crippen molar-refractivity contribution in [2.45, 2.75) is 38.9 Å². The number of benzene rings is 2. The Balaban J connectivity index is 1.65. The second kappa shape index (κ2) is 24.7. The van der Waals surface area contributed by atoms with Crippen molar-refractivity contribution >= 4 is 116 Å². The summed E-state index contributed by atoms with van der Waals surface area (Å²) in [6.07, 6.45) is 0.799. The lowest BCUT2D eigenvalue weighted by atomic mass is 10.1. The number of anilines is 2. The highest BCUT2D eigenvalue weighted by atomic mass is 35.5. The Morgan fingerprint density at radius 1 is 0.656 bits per heavy atom. The topological polar surface area (TPSA) is 182 Å². The van der Waals surface area contributed by atoms with Crippen molar-refractivity contribution in [3.05, 3.63) is 121 Å². The van der Waals surface area contributed by atoms with E-state index in [2.05, 4.69) is 20.6 Å². The van der Waals surface area contributed by atoms with E-state index < -0.39 is 33.4 Å². The standard InChI is InChI=1S/C38H36Cl8N6O9/c1-3-47-33-7-5-27(51(53)54)37(49-33)60-29(35-23(39)17-21(18-24(35)40)58-15-11-31(43)44)9-13-57-14-10-30(61-38-28(52(55)56)6-8-34(50-38)48-4-2)36-25(41)19-22(20-26(36)42)59-16-12-32(45)46/h5-8,11-12,17-20,29-30H,3-4,9-10,13-16H2,1-2H3,(H,47,49)(H,48,50). The van der Waals surface area contributed by atoms with Crippen LogP contribution in [0, 0.1) is 20.2 Å². The molecule has 61 heavy (non-hydrogen) atoms. The monoisotopic (exact) mass is 1000 g/mol. The third kappa shape index (κ3) is 15.2.